The quantitative estimate of drug-likeness (QED) is 0.677. The lowest BCUT2D eigenvalue weighted by Gasteiger charge is -2.06. The summed E-state index contributed by atoms with van der Waals surface area (Å²) in [7, 11) is 0. The van der Waals surface area contributed by atoms with Gasteiger partial charge in [0.15, 0.2) is 0 Å². The topological polar surface area (TPSA) is 0 Å². The number of rotatable bonds is 3. The van der Waals surface area contributed by atoms with E-state index in [1.165, 1.54) is 6.07 Å². The van der Waals surface area contributed by atoms with Gasteiger partial charge < -0.3 is 0 Å². The van der Waals surface area contributed by atoms with Gasteiger partial charge in [-0.25, -0.2) is 4.39 Å². The van der Waals surface area contributed by atoms with E-state index in [-0.39, 0.29) is 5.82 Å². The van der Waals surface area contributed by atoms with Gasteiger partial charge in [-0.05, 0) is 31.4 Å². The van der Waals surface area contributed by atoms with E-state index in [9.17, 15) is 4.39 Å². The largest absolute Gasteiger partial charge is 0.207 e. The van der Waals surface area contributed by atoms with Crippen LogP contribution in [-0.4, -0.2) is 5.88 Å². The zero-order chi connectivity index (χ0) is 9.84. The first-order chi connectivity index (χ1) is 6.16. The second-order valence-electron chi connectivity index (χ2n) is 2.95. The lowest BCUT2D eigenvalue weighted by molar-refractivity contribution is 0.607. The Morgan fingerprint density at radius 2 is 2.08 bits per heavy atom. The highest BCUT2D eigenvalue weighted by molar-refractivity contribution is 6.32. The SMILES string of the molecule is Cc1ccc(F)c(CCCCl)c1Cl. The van der Waals surface area contributed by atoms with Gasteiger partial charge in [-0.2, -0.15) is 0 Å². The zero-order valence-electron chi connectivity index (χ0n) is 7.41. The second kappa shape index (κ2) is 4.83. The highest BCUT2D eigenvalue weighted by Crippen LogP contribution is 2.24. The van der Waals surface area contributed by atoms with Gasteiger partial charge >= 0.3 is 0 Å². The molecule has 0 fully saturated rings. The molecule has 0 amide bonds. The van der Waals surface area contributed by atoms with E-state index in [0.29, 0.717) is 22.9 Å². The van der Waals surface area contributed by atoms with Crippen molar-refractivity contribution in [3.05, 3.63) is 34.1 Å². The van der Waals surface area contributed by atoms with E-state index >= 15 is 0 Å². The van der Waals surface area contributed by atoms with Crippen molar-refractivity contribution in [2.24, 2.45) is 0 Å². The summed E-state index contributed by atoms with van der Waals surface area (Å²) < 4.78 is 13.2. The van der Waals surface area contributed by atoms with Gasteiger partial charge in [0.1, 0.15) is 5.82 Å². The van der Waals surface area contributed by atoms with E-state index in [4.69, 9.17) is 23.2 Å². The standard InChI is InChI=1S/C10H11Cl2F/c1-7-4-5-9(13)8(10(7)12)3-2-6-11/h4-5H,2-3,6H2,1H3. The molecule has 0 N–H and O–H groups in total. The number of aryl methyl sites for hydroxylation is 1. The fourth-order valence-electron chi connectivity index (χ4n) is 1.19. The Balaban J connectivity index is 2.96. The molecular formula is C10H11Cl2F. The summed E-state index contributed by atoms with van der Waals surface area (Å²) in [6.07, 6.45) is 1.36. The minimum atomic E-state index is -0.235. The van der Waals surface area contributed by atoms with Crippen molar-refractivity contribution in [3.8, 4) is 0 Å². The van der Waals surface area contributed by atoms with Crippen molar-refractivity contribution in [2.75, 3.05) is 5.88 Å². The molecule has 0 aliphatic heterocycles. The lowest BCUT2D eigenvalue weighted by atomic mass is 10.1. The fraction of sp³-hybridized carbons (Fsp3) is 0.400. The molecule has 3 heteroatoms. The molecule has 0 radical (unpaired) electrons. The fourth-order valence-corrected chi connectivity index (χ4v) is 1.57. The van der Waals surface area contributed by atoms with E-state index in [2.05, 4.69) is 0 Å². The Kier molecular flexibility index (Phi) is 4.01. The van der Waals surface area contributed by atoms with Gasteiger partial charge in [0.2, 0.25) is 0 Å². The molecule has 0 aliphatic carbocycles. The molecule has 1 aromatic carbocycles. The van der Waals surface area contributed by atoms with Gasteiger partial charge in [0.25, 0.3) is 0 Å². The summed E-state index contributed by atoms with van der Waals surface area (Å²) in [4.78, 5) is 0. The predicted octanol–water partition coefficient (Wildman–Crippen LogP) is 3.96. The van der Waals surface area contributed by atoms with Crippen LogP contribution in [0.3, 0.4) is 0 Å². The Morgan fingerprint density at radius 1 is 1.38 bits per heavy atom. The Morgan fingerprint density at radius 3 is 2.69 bits per heavy atom. The average Bonchev–Trinajstić information content (AvgIpc) is 2.12. The number of benzene rings is 1. The van der Waals surface area contributed by atoms with Gasteiger partial charge in [-0.1, -0.05) is 17.7 Å². The third kappa shape index (κ3) is 2.58. The molecule has 0 heterocycles. The van der Waals surface area contributed by atoms with E-state index in [0.717, 1.165) is 12.0 Å². The van der Waals surface area contributed by atoms with Crippen LogP contribution in [0.15, 0.2) is 12.1 Å². The van der Waals surface area contributed by atoms with Crippen LogP contribution < -0.4 is 0 Å². The first-order valence-electron chi connectivity index (χ1n) is 4.16. The molecule has 0 bridgehead atoms. The summed E-state index contributed by atoms with van der Waals surface area (Å²) in [5.41, 5.74) is 1.50. The van der Waals surface area contributed by atoms with Gasteiger partial charge in [0.05, 0.1) is 0 Å². The Labute approximate surface area is 87.7 Å². The minimum absolute atomic E-state index is 0.235. The first-order valence-corrected chi connectivity index (χ1v) is 5.07. The second-order valence-corrected chi connectivity index (χ2v) is 3.71. The molecule has 72 valence electrons. The summed E-state index contributed by atoms with van der Waals surface area (Å²) in [5.74, 6) is 0.296. The summed E-state index contributed by atoms with van der Waals surface area (Å²) in [5, 5.41) is 0.533. The maximum Gasteiger partial charge on any atom is 0.127 e. The third-order valence-corrected chi connectivity index (χ3v) is 2.73. The van der Waals surface area contributed by atoms with E-state index in [1.807, 2.05) is 6.92 Å². The van der Waals surface area contributed by atoms with Crippen LogP contribution in [0.4, 0.5) is 4.39 Å². The first kappa shape index (κ1) is 10.8. The molecule has 13 heavy (non-hydrogen) atoms. The molecule has 0 atom stereocenters. The van der Waals surface area contributed by atoms with Crippen LogP contribution in [0.1, 0.15) is 17.5 Å². The lowest BCUT2D eigenvalue weighted by Crippen LogP contribution is -1.94. The van der Waals surface area contributed by atoms with Crippen molar-refractivity contribution in [3.63, 3.8) is 0 Å². The third-order valence-electron chi connectivity index (χ3n) is 1.94. The van der Waals surface area contributed by atoms with Crippen LogP contribution in [0.5, 0.6) is 0 Å². The molecule has 0 nitrogen and oxygen atoms in total. The van der Waals surface area contributed by atoms with Crippen LogP contribution in [0.2, 0.25) is 5.02 Å². The number of halogens is 3. The normalized spacial score (nSPS) is 10.5. The van der Waals surface area contributed by atoms with Crippen molar-refractivity contribution in [2.45, 2.75) is 19.8 Å². The van der Waals surface area contributed by atoms with Crippen molar-refractivity contribution >= 4 is 23.2 Å². The molecular weight excluding hydrogens is 210 g/mol. The Bertz CT molecular complexity index is 297. The van der Waals surface area contributed by atoms with E-state index in [1.54, 1.807) is 6.07 Å². The highest BCUT2D eigenvalue weighted by Gasteiger charge is 2.08. The average molecular weight is 221 g/mol. The maximum atomic E-state index is 13.2. The highest BCUT2D eigenvalue weighted by atomic mass is 35.5. The van der Waals surface area contributed by atoms with Crippen LogP contribution in [0.25, 0.3) is 0 Å². The van der Waals surface area contributed by atoms with Crippen molar-refractivity contribution in [1.29, 1.82) is 0 Å². The smallest absolute Gasteiger partial charge is 0.127 e. The van der Waals surface area contributed by atoms with Crippen LogP contribution >= 0.6 is 23.2 Å². The number of hydrogen-bond acceptors (Lipinski definition) is 0. The monoisotopic (exact) mass is 220 g/mol. The molecule has 0 unspecified atom stereocenters. The summed E-state index contributed by atoms with van der Waals surface area (Å²) in [6.45, 7) is 1.87. The van der Waals surface area contributed by atoms with E-state index < -0.39 is 0 Å². The molecule has 1 rings (SSSR count). The van der Waals surface area contributed by atoms with Crippen LogP contribution in [-0.2, 0) is 6.42 Å². The van der Waals surface area contributed by atoms with Crippen molar-refractivity contribution in [1.82, 2.24) is 0 Å². The molecule has 0 aromatic heterocycles. The van der Waals surface area contributed by atoms with Gasteiger partial charge in [0, 0.05) is 16.5 Å². The summed E-state index contributed by atoms with van der Waals surface area (Å²) >= 11 is 11.5. The minimum Gasteiger partial charge on any atom is -0.207 e. The van der Waals surface area contributed by atoms with Crippen molar-refractivity contribution < 1.29 is 4.39 Å². The van der Waals surface area contributed by atoms with Crippen LogP contribution in [0, 0.1) is 12.7 Å². The molecule has 0 spiro atoms. The maximum absolute atomic E-state index is 13.2. The predicted molar refractivity (Wildman–Crippen MR) is 55.2 cm³/mol. The molecule has 1 aromatic rings. The van der Waals surface area contributed by atoms with Gasteiger partial charge in [-0.15, -0.1) is 11.6 Å². The Hall–Kier alpha value is -0.270. The molecule has 0 saturated heterocycles. The molecule has 0 aliphatic rings. The molecule has 0 saturated carbocycles. The summed E-state index contributed by atoms with van der Waals surface area (Å²) in [6, 6.07) is 3.13. The number of hydrogen-bond donors (Lipinski definition) is 0. The number of alkyl halides is 1. The zero-order valence-corrected chi connectivity index (χ0v) is 8.92. The van der Waals surface area contributed by atoms with Gasteiger partial charge in [-0.3, -0.25) is 0 Å².